The maximum atomic E-state index is 12.7. The van der Waals surface area contributed by atoms with Crippen LogP contribution in [0.25, 0.3) is 5.65 Å². The highest BCUT2D eigenvalue weighted by molar-refractivity contribution is 7.98. The third-order valence-corrected chi connectivity index (χ3v) is 6.24. The number of aryl methyl sites for hydroxylation is 2. The van der Waals surface area contributed by atoms with Gasteiger partial charge in [0.1, 0.15) is 5.65 Å². The first-order valence-electron chi connectivity index (χ1n) is 10.3. The lowest BCUT2D eigenvalue weighted by molar-refractivity contribution is -0.133. The van der Waals surface area contributed by atoms with Gasteiger partial charge in [0.15, 0.2) is 5.16 Å². The van der Waals surface area contributed by atoms with Gasteiger partial charge in [0.25, 0.3) is 0 Å². The largest absolute Gasteiger partial charge is 0.340 e. The first-order chi connectivity index (χ1) is 14.5. The number of fused-ring (bicyclic) bond motifs is 1. The van der Waals surface area contributed by atoms with E-state index in [0.717, 1.165) is 66.2 Å². The van der Waals surface area contributed by atoms with Gasteiger partial charge in [-0.15, -0.1) is 0 Å². The summed E-state index contributed by atoms with van der Waals surface area (Å²) in [6.45, 7) is 8.13. The number of hydrogen-bond donors (Lipinski definition) is 0. The average molecular weight is 425 g/mol. The molecule has 1 fully saturated rings. The number of amides is 1. The van der Waals surface area contributed by atoms with Crippen LogP contribution in [-0.2, 0) is 17.8 Å². The zero-order chi connectivity index (χ0) is 21.1. The maximum Gasteiger partial charge on any atom is 0.222 e. The van der Waals surface area contributed by atoms with Gasteiger partial charge in [-0.25, -0.2) is 15.0 Å². The molecule has 4 heterocycles. The van der Waals surface area contributed by atoms with E-state index in [1.54, 1.807) is 11.8 Å². The minimum atomic E-state index is 0.218. The van der Waals surface area contributed by atoms with Crippen LogP contribution in [0.3, 0.4) is 0 Å². The Morgan fingerprint density at radius 3 is 2.47 bits per heavy atom. The van der Waals surface area contributed by atoms with Gasteiger partial charge in [-0.2, -0.15) is 0 Å². The van der Waals surface area contributed by atoms with E-state index in [1.165, 1.54) is 0 Å². The number of piperazine rings is 1. The molecule has 1 aliphatic rings. The second kappa shape index (κ2) is 9.14. The third-order valence-electron chi connectivity index (χ3n) is 5.70. The highest BCUT2D eigenvalue weighted by Gasteiger charge is 2.22. The third kappa shape index (κ3) is 4.65. The van der Waals surface area contributed by atoms with Crippen LogP contribution in [0.5, 0.6) is 0 Å². The van der Waals surface area contributed by atoms with Crippen LogP contribution < -0.4 is 0 Å². The summed E-state index contributed by atoms with van der Waals surface area (Å²) in [4.78, 5) is 30.8. The number of pyridine rings is 1. The summed E-state index contributed by atoms with van der Waals surface area (Å²) in [6.07, 6.45) is 7.29. The Bertz CT molecular complexity index is 985. The number of hydrogen-bond acceptors (Lipinski definition) is 6. The van der Waals surface area contributed by atoms with Crippen molar-refractivity contribution in [3.63, 3.8) is 0 Å². The van der Waals surface area contributed by atoms with Gasteiger partial charge in [-0.1, -0.05) is 17.8 Å². The highest BCUT2D eigenvalue weighted by Crippen LogP contribution is 2.18. The Hall–Kier alpha value is -2.45. The van der Waals surface area contributed by atoms with Crippen molar-refractivity contribution in [2.75, 3.05) is 32.4 Å². The minimum absolute atomic E-state index is 0.218. The topological polar surface area (TPSA) is 66.6 Å². The average Bonchev–Trinajstić information content (AvgIpc) is 3.15. The van der Waals surface area contributed by atoms with Crippen molar-refractivity contribution in [1.82, 2.24) is 29.2 Å². The molecule has 0 saturated carbocycles. The van der Waals surface area contributed by atoms with Gasteiger partial charge < -0.3 is 9.30 Å². The quantitative estimate of drug-likeness (QED) is 0.448. The Balaban J connectivity index is 1.28. The van der Waals surface area contributed by atoms with Crippen molar-refractivity contribution in [3.05, 3.63) is 53.2 Å². The van der Waals surface area contributed by atoms with Crippen molar-refractivity contribution in [2.24, 2.45) is 0 Å². The molecule has 0 aliphatic carbocycles. The molecule has 0 N–H and O–H groups in total. The molecular formula is C22H28N6OS. The van der Waals surface area contributed by atoms with Gasteiger partial charge in [-0.3, -0.25) is 9.69 Å². The second-order valence-electron chi connectivity index (χ2n) is 7.71. The number of imidazole rings is 1. The predicted molar refractivity (Wildman–Crippen MR) is 119 cm³/mol. The van der Waals surface area contributed by atoms with E-state index in [4.69, 9.17) is 0 Å². The molecule has 4 rings (SSSR count). The van der Waals surface area contributed by atoms with E-state index in [0.29, 0.717) is 12.8 Å². The van der Waals surface area contributed by atoms with Gasteiger partial charge in [-0.05, 0) is 44.2 Å². The fourth-order valence-corrected chi connectivity index (χ4v) is 4.46. The molecule has 1 aliphatic heterocycles. The lowest BCUT2D eigenvalue weighted by Crippen LogP contribution is -2.48. The van der Waals surface area contributed by atoms with E-state index in [9.17, 15) is 4.79 Å². The second-order valence-corrected chi connectivity index (χ2v) is 8.49. The standard InChI is InChI=1S/C22H28N6OS/c1-16-19(17(2)24-22(23-16)30-3)7-8-21(29)27-12-10-26(11-13-27)14-18-15-28-9-5-4-6-20(28)25-18/h4-6,9,15H,7-8,10-14H2,1-3H3. The van der Waals surface area contributed by atoms with Crippen LogP contribution in [0.1, 0.15) is 29.1 Å². The maximum absolute atomic E-state index is 12.7. The van der Waals surface area contributed by atoms with Crippen molar-refractivity contribution in [3.8, 4) is 0 Å². The van der Waals surface area contributed by atoms with Gasteiger partial charge in [0, 0.05) is 62.9 Å². The molecule has 0 bridgehead atoms. The Morgan fingerprint density at radius 1 is 1.07 bits per heavy atom. The Kier molecular flexibility index (Phi) is 6.34. The molecule has 3 aromatic heterocycles. The first kappa shape index (κ1) is 20.8. The molecule has 0 aromatic carbocycles. The fraction of sp³-hybridized carbons (Fsp3) is 0.455. The molecular weight excluding hydrogens is 396 g/mol. The first-order valence-corrected chi connectivity index (χ1v) is 11.6. The van der Waals surface area contributed by atoms with E-state index in [-0.39, 0.29) is 5.91 Å². The highest BCUT2D eigenvalue weighted by atomic mass is 32.2. The minimum Gasteiger partial charge on any atom is -0.340 e. The lowest BCUT2D eigenvalue weighted by Gasteiger charge is -2.34. The smallest absolute Gasteiger partial charge is 0.222 e. The summed E-state index contributed by atoms with van der Waals surface area (Å²) >= 11 is 1.55. The molecule has 0 unspecified atom stereocenters. The Labute approximate surface area is 181 Å². The zero-order valence-corrected chi connectivity index (χ0v) is 18.7. The van der Waals surface area contributed by atoms with Crippen molar-refractivity contribution in [2.45, 2.75) is 38.4 Å². The van der Waals surface area contributed by atoms with Gasteiger partial charge in [0.2, 0.25) is 5.91 Å². The summed E-state index contributed by atoms with van der Waals surface area (Å²) in [5, 5.41) is 0.793. The molecule has 3 aromatic rings. The van der Waals surface area contributed by atoms with Crippen LogP contribution in [0.15, 0.2) is 35.7 Å². The number of thioether (sulfide) groups is 1. The summed E-state index contributed by atoms with van der Waals surface area (Å²) in [5.41, 5.74) is 5.11. The molecule has 1 saturated heterocycles. The molecule has 1 amide bonds. The number of carbonyl (C=O) groups is 1. The molecule has 0 spiro atoms. The molecule has 7 nitrogen and oxygen atoms in total. The van der Waals surface area contributed by atoms with Crippen molar-refractivity contribution in [1.29, 1.82) is 0 Å². The predicted octanol–water partition coefficient (Wildman–Crippen LogP) is 2.74. The zero-order valence-electron chi connectivity index (χ0n) is 17.8. The summed E-state index contributed by atoms with van der Waals surface area (Å²) in [5.74, 6) is 0.218. The van der Waals surface area contributed by atoms with E-state index >= 15 is 0 Å². The van der Waals surface area contributed by atoms with E-state index < -0.39 is 0 Å². The van der Waals surface area contributed by atoms with Crippen LogP contribution in [0, 0.1) is 13.8 Å². The molecule has 8 heteroatoms. The number of carbonyl (C=O) groups excluding carboxylic acids is 1. The SMILES string of the molecule is CSc1nc(C)c(CCC(=O)N2CCN(Cc3cn4ccccc4n3)CC2)c(C)n1. The number of rotatable bonds is 6. The lowest BCUT2D eigenvalue weighted by atomic mass is 10.1. The van der Waals surface area contributed by atoms with Crippen molar-refractivity contribution < 1.29 is 4.79 Å². The van der Waals surface area contributed by atoms with Crippen LogP contribution in [0.2, 0.25) is 0 Å². The van der Waals surface area contributed by atoms with Crippen molar-refractivity contribution >= 4 is 23.3 Å². The van der Waals surface area contributed by atoms with Crippen LogP contribution in [-0.4, -0.2) is 67.5 Å². The summed E-state index contributed by atoms with van der Waals surface area (Å²) in [7, 11) is 0. The summed E-state index contributed by atoms with van der Waals surface area (Å²) in [6, 6.07) is 6.03. The number of aromatic nitrogens is 4. The summed E-state index contributed by atoms with van der Waals surface area (Å²) < 4.78 is 2.05. The van der Waals surface area contributed by atoms with Crippen LogP contribution in [0.4, 0.5) is 0 Å². The van der Waals surface area contributed by atoms with E-state index in [2.05, 4.69) is 30.4 Å². The fourth-order valence-electron chi connectivity index (χ4n) is 4.00. The van der Waals surface area contributed by atoms with Gasteiger partial charge >= 0.3 is 0 Å². The molecule has 0 atom stereocenters. The van der Waals surface area contributed by atoms with Crippen LogP contribution >= 0.6 is 11.8 Å². The Morgan fingerprint density at radius 2 is 1.80 bits per heavy atom. The molecule has 158 valence electrons. The molecule has 30 heavy (non-hydrogen) atoms. The van der Waals surface area contributed by atoms with Gasteiger partial charge in [0.05, 0.1) is 5.69 Å². The normalized spacial score (nSPS) is 15.1. The number of nitrogens with zero attached hydrogens (tertiary/aromatic N) is 6. The monoisotopic (exact) mass is 424 g/mol. The molecule has 0 radical (unpaired) electrons. The van der Waals surface area contributed by atoms with E-state index in [1.807, 2.05) is 49.4 Å².